The predicted molar refractivity (Wildman–Crippen MR) is 52.2 cm³/mol. The molecule has 0 saturated carbocycles. The summed E-state index contributed by atoms with van der Waals surface area (Å²) in [6.45, 7) is 8.29. The molecule has 0 unspecified atom stereocenters. The molecule has 0 fully saturated rings. The van der Waals surface area contributed by atoms with Crippen molar-refractivity contribution in [2.45, 2.75) is 38.9 Å². The highest BCUT2D eigenvalue weighted by Crippen LogP contribution is 2.14. The molecule has 2 N–H and O–H groups in total. The van der Waals surface area contributed by atoms with E-state index >= 15 is 0 Å². The van der Waals surface area contributed by atoms with E-state index in [0.29, 0.717) is 0 Å². The molecule has 0 aliphatic carbocycles. The Morgan fingerprint density at radius 3 is 2.36 bits per heavy atom. The van der Waals surface area contributed by atoms with Crippen molar-refractivity contribution in [3.63, 3.8) is 0 Å². The van der Waals surface area contributed by atoms with Crippen molar-refractivity contribution in [3.05, 3.63) is 0 Å². The monoisotopic (exact) mass is 175 g/mol. The van der Waals surface area contributed by atoms with Crippen LogP contribution in [0.1, 0.15) is 19.8 Å². The van der Waals surface area contributed by atoms with E-state index in [1.54, 1.807) is 0 Å². The minimum Gasteiger partial charge on any atom is -0.418 e. The van der Waals surface area contributed by atoms with E-state index in [-0.39, 0.29) is 0 Å². The van der Waals surface area contributed by atoms with Gasteiger partial charge in [0.15, 0.2) is 8.32 Å². The van der Waals surface area contributed by atoms with E-state index in [1.165, 1.54) is 12.5 Å². The summed E-state index contributed by atoms with van der Waals surface area (Å²) in [6.07, 6.45) is 2.37. The lowest BCUT2D eigenvalue weighted by atomic mass is 10.3. The van der Waals surface area contributed by atoms with Crippen LogP contribution in [0.3, 0.4) is 0 Å². The van der Waals surface area contributed by atoms with Crippen LogP contribution in [0.5, 0.6) is 0 Å². The van der Waals surface area contributed by atoms with Gasteiger partial charge in [0.05, 0.1) is 0 Å². The van der Waals surface area contributed by atoms with E-state index in [1.807, 2.05) is 0 Å². The van der Waals surface area contributed by atoms with E-state index in [2.05, 4.69) is 20.0 Å². The topological polar surface area (TPSA) is 35.2 Å². The van der Waals surface area contributed by atoms with Crippen LogP contribution in [0, 0.1) is 0 Å². The van der Waals surface area contributed by atoms with E-state index in [9.17, 15) is 0 Å². The Labute approximate surface area is 71.3 Å². The minimum atomic E-state index is -1.30. The Kier molecular flexibility index (Phi) is 5.82. The molecule has 2 nitrogen and oxygen atoms in total. The smallest absolute Gasteiger partial charge is 0.186 e. The standard InChI is InChI=1S/C8H21NOSi/c1-4-10-11(2,3)8-6-5-7-9/h4-9H2,1-3H3. The molecule has 0 aliphatic heterocycles. The molecule has 0 aromatic rings. The fourth-order valence-electron chi connectivity index (χ4n) is 1.16. The number of unbranched alkanes of at least 4 members (excludes halogenated alkanes) is 1. The molecule has 0 rings (SSSR count). The van der Waals surface area contributed by atoms with Crippen LogP contribution in [0.4, 0.5) is 0 Å². The summed E-state index contributed by atoms with van der Waals surface area (Å²) in [5.74, 6) is 0. The van der Waals surface area contributed by atoms with E-state index in [0.717, 1.165) is 19.6 Å². The van der Waals surface area contributed by atoms with Gasteiger partial charge in [-0.1, -0.05) is 6.42 Å². The second kappa shape index (κ2) is 5.74. The van der Waals surface area contributed by atoms with Crippen molar-refractivity contribution in [1.82, 2.24) is 0 Å². The quantitative estimate of drug-likeness (QED) is 0.495. The van der Waals surface area contributed by atoms with Crippen LogP contribution < -0.4 is 5.73 Å². The molecule has 3 heteroatoms. The first-order valence-corrected chi connectivity index (χ1v) is 7.58. The van der Waals surface area contributed by atoms with Crippen molar-refractivity contribution < 1.29 is 4.43 Å². The van der Waals surface area contributed by atoms with Gasteiger partial charge >= 0.3 is 0 Å². The van der Waals surface area contributed by atoms with Crippen molar-refractivity contribution >= 4 is 8.32 Å². The maximum Gasteiger partial charge on any atom is 0.186 e. The Morgan fingerprint density at radius 1 is 1.27 bits per heavy atom. The predicted octanol–water partition coefficient (Wildman–Crippen LogP) is 1.97. The molecule has 0 amide bonds. The van der Waals surface area contributed by atoms with Crippen LogP contribution in [0.15, 0.2) is 0 Å². The third kappa shape index (κ3) is 6.53. The molecule has 0 saturated heterocycles. The van der Waals surface area contributed by atoms with E-state index < -0.39 is 8.32 Å². The fraction of sp³-hybridized carbons (Fsp3) is 1.00. The summed E-state index contributed by atoms with van der Waals surface area (Å²) in [5.41, 5.74) is 5.41. The Bertz CT molecular complexity index is 96.1. The van der Waals surface area contributed by atoms with Gasteiger partial charge in [0.1, 0.15) is 0 Å². The van der Waals surface area contributed by atoms with Gasteiger partial charge in [-0.2, -0.15) is 0 Å². The molecule has 0 spiro atoms. The zero-order valence-electron chi connectivity index (χ0n) is 8.02. The molecule has 0 aliphatic rings. The third-order valence-corrected chi connectivity index (χ3v) is 4.40. The lowest BCUT2D eigenvalue weighted by Gasteiger charge is -2.21. The summed E-state index contributed by atoms with van der Waals surface area (Å²) in [6, 6.07) is 1.25. The number of hydrogen-bond acceptors (Lipinski definition) is 2. The van der Waals surface area contributed by atoms with Gasteiger partial charge in [-0.15, -0.1) is 0 Å². The van der Waals surface area contributed by atoms with Crippen LogP contribution in [0.25, 0.3) is 0 Å². The first-order chi connectivity index (χ1) is 5.12. The highest BCUT2D eigenvalue weighted by molar-refractivity contribution is 6.71. The largest absolute Gasteiger partial charge is 0.418 e. The van der Waals surface area contributed by atoms with Gasteiger partial charge in [0, 0.05) is 6.61 Å². The molecular formula is C8H21NOSi. The highest BCUT2D eigenvalue weighted by Gasteiger charge is 2.20. The molecule has 0 heterocycles. The average molecular weight is 175 g/mol. The van der Waals surface area contributed by atoms with Crippen molar-refractivity contribution in [2.75, 3.05) is 13.2 Å². The number of hydrogen-bond donors (Lipinski definition) is 1. The van der Waals surface area contributed by atoms with Crippen LogP contribution in [0.2, 0.25) is 19.1 Å². The van der Waals surface area contributed by atoms with Gasteiger partial charge in [0.25, 0.3) is 0 Å². The zero-order chi connectivity index (χ0) is 8.74. The molecule has 0 aromatic heterocycles. The summed E-state index contributed by atoms with van der Waals surface area (Å²) in [5, 5.41) is 0. The van der Waals surface area contributed by atoms with Crippen LogP contribution >= 0.6 is 0 Å². The Balaban J connectivity index is 3.38. The van der Waals surface area contributed by atoms with Gasteiger partial charge in [-0.25, -0.2) is 0 Å². The molecule has 0 atom stereocenters. The van der Waals surface area contributed by atoms with E-state index in [4.69, 9.17) is 10.2 Å². The fourth-order valence-corrected chi connectivity index (χ4v) is 3.19. The lowest BCUT2D eigenvalue weighted by Crippen LogP contribution is -2.30. The van der Waals surface area contributed by atoms with Crippen molar-refractivity contribution in [1.29, 1.82) is 0 Å². The highest BCUT2D eigenvalue weighted by atomic mass is 28.4. The molecular weight excluding hydrogens is 154 g/mol. The first kappa shape index (κ1) is 11.1. The van der Waals surface area contributed by atoms with Gasteiger partial charge < -0.3 is 10.2 Å². The third-order valence-electron chi connectivity index (χ3n) is 1.77. The minimum absolute atomic E-state index is 0.816. The maximum atomic E-state index is 5.67. The van der Waals surface area contributed by atoms with Crippen molar-refractivity contribution in [2.24, 2.45) is 5.73 Å². The van der Waals surface area contributed by atoms with Gasteiger partial charge in [0.2, 0.25) is 0 Å². The molecule has 0 aromatic carbocycles. The Morgan fingerprint density at radius 2 is 1.91 bits per heavy atom. The Hall–Kier alpha value is 0.137. The molecule has 68 valence electrons. The molecule has 11 heavy (non-hydrogen) atoms. The maximum absolute atomic E-state index is 5.67. The normalized spacial score (nSPS) is 12.0. The number of rotatable bonds is 6. The van der Waals surface area contributed by atoms with Gasteiger partial charge in [-0.05, 0) is 39.0 Å². The SMILES string of the molecule is CCO[Si](C)(C)CCCCN. The number of nitrogens with two attached hydrogens (primary N) is 1. The first-order valence-electron chi connectivity index (χ1n) is 4.46. The lowest BCUT2D eigenvalue weighted by molar-refractivity contribution is 0.328. The second-order valence-electron chi connectivity index (χ2n) is 3.44. The van der Waals surface area contributed by atoms with Crippen LogP contribution in [-0.4, -0.2) is 21.5 Å². The summed E-state index contributed by atoms with van der Waals surface area (Å²) >= 11 is 0. The summed E-state index contributed by atoms with van der Waals surface area (Å²) in [7, 11) is -1.30. The van der Waals surface area contributed by atoms with Crippen LogP contribution in [-0.2, 0) is 4.43 Å². The van der Waals surface area contributed by atoms with Gasteiger partial charge in [-0.3, -0.25) is 0 Å². The summed E-state index contributed by atoms with van der Waals surface area (Å²) in [4.78, 5) is 0. The summed E-state index contributed by atoms with van der Waals surface area (Å²) < 4.78 is 5.67. The average Bonchev–Trinajstić information content (AvgIpc) is 1.87. The van der Waals surface area contributed by atoms with Crippen molar-refractivity contribution in [3.8, 4) is 0 Å². The molecule has 0 radical (unpaired) electrons. The molecule has 0 bridgehead atoms. The zero-order valence-corrected chi connectivity index (χ0v) is 9.02. The second-order valence-corrected chi connectivity index (χ2v) is 7.75.